The number of aryl methyl sites for hydroxylation is 1. The van der Waals surface area contributed by atoms with Crippen LogP contribution in [0.2, 0.25) is 0 Å². The normalized spacial score (nSPS) is 14.9. The first-order valence-corrected chi connectivity index (χ1v) is 9.64. The van der Waals surface area contributed by atoms with E-state index >= 15 is 0 Å². The third-order valence-corrected chi connectivity index (χ3v) is 5.12. The van der Waals surface area contributed by atoms with E-state index in [9.17, 15) is 4.79 Å². The molecular formula is C20H29N5O2. The summed E-state index contributed by atoms with van der Waals surface area (Å²) in [6.07, 6.45) is 2.80. The van der Waals surface area contributed by atoms with E-state index in [0.29, 0.717) is 24.9 Å². The van der Waals surface area contributed by atoms with Gasteiger partial charge in [-0.1, -0.05) is 23.4 Å². The molecule has 1 aromatic carbocycles. The van der Waals surface area contributed by atoms with Crippen LogP contribution in [-0.2, 0) is 0 Å². The van der Waals surface area contributed by atoms with E-state index in [0.717, 1.165) is 49.4 Å². The third-order valence-electron chi connectivity index (χ3n) is 5.12. The molecule has 1 aromatic heterocycles. The lowest BCUT2D eigenvalue weighted by atomic mass is 10.1. The lowest BCUT2D eigenvalue weighted by molar-refractivity contribution is 0.0781. The summed E-state index contributed by atoms with van der Waals surface area (Å²) < 4.78 is 7.72. The molecule has 0 unspecified atom stereocenters. The summed E-state index contributed by atoms with van der Waals surface area (Å²) in [5.41, 5.74) is 2.43. The molecule has 1 N–H and O–H groups in total. The summed E-state index contributed by atoms with van der Waals surface area (Å²) in [4.78, 5) is 14.4. The molecule has 0 spiro atoms. The van der Waals surface area contributed by atoms with Gasteiger partial charge in [0.15, 0.2) is 5.69 Å². The quantitative estimate of drug-likeness (QED) is 0.757. The zero-order valence-electron chi connectivity index (χ0n) is 16.4. The van der Waals surface area contributed by atoms with Crippen LogP contribution in [0.5, 0.6) is 5.75 Å². The van der Waals surface area contributed by atoms with Crippen molar-refractivity contribution in [2.24, 2.45) is 0 Å². The average Bonchev–Trinajstić information content (AvgIpc) is 3.07. The number of nitrogens with zero attached hydrogens (tertiary/aromatic N) is 4. The van der Waals surface area contributed by atoms with Crippen LogP contribution in [-0.4, -0.2) is 59.1 Å². The molecular weight excluding hydrogens is 342 g/mol. The molecule has 146 valence electrons. The fourth-order valence-electron chi connectivity index (χ4n) is 3.42. The van der Waals surface area contributed by atoms with Gasteiger partial charge >= 0.3 is 0 Å². The van der Waals surface area contributed by atoms with Crippen molar-refractivity contribution in [2.45, 2.75) is 39.2 Å². The third kappa shape index (κ3) is 4.66. The van der Waals surface area contributed by atoms with Gasteiger partial charge in [0.1, 0.15) is 5.75 Å². The Morgan fingerprint density at radius 1 is 1.30 bits per heavy atom. The number of benzene rings is 1. The van der Waals surface area contributed by atoms with Gasteiger partial charge in [-0.05, 0) is 57.8 Å². The van der Waals surface area contributed by atoms with Gasteiger partial charge < -0.3 is 15.0 Å². The van der Waals surface area contributed by atoms with Crippen LogP contribution in [0, 0.1) is 13.8 Å². The van der Waals surface area contributed by atoms with Crippen molar-refractivity contribution in [3.8, 4) is 5.75 Å². The number of rotatable bonds is 7. The van der Waals surface area contributed by atoms with Crippen LogP contribution in [0.15, 0.2) is 24.3 Å². The summed E-state index contributed by atoms with van der Waals surface area (Å²) in [6.45, 7) is 7.11. The minimum absolute atomic E-state index is 0.0800. The monoisotopic (exact) mass is 371 g/mol. The smallest absolute Gasteiger partial charge is 0.276 e. The molecule has 0 aliphatic carbocycles. The lowest BCUT2D eigenvalue weighted by Gasteiger charge is -2.23. The number of hydrogen-bond donors (Lipinski definition) is 1. The van der Waals surface area contributed by atoms with Crippen molar-refractivity contribution in [1.82, 2.24) is 25.2 Å². The molecule has 1 saturated heterocycles. The number of nitrogens with one attached hydrogen (secondary N) is 1. The van der Waals surface area contributed by atoms with Crippen molar-refractivity contribution < 1.29 is 9.53 Å². The molecule has 7 nitrogen and oxygen atoms in total. The molecule has 3 rings (SSSR count). The molecule has 1 amide bonds. The first-order valence-electron chi connectivity index (χ1n) is 9.64. The molecule has 0 atom stereocenters. The Morgan fingerprint density at radius 2 is 2.04 bits per heavy atom. The number of carbonyl (C=O) groups excluding carboxylic acids is 1. The lowest BCUT2D eigenvalue weighted by Crippen LogP contribution is -2.31. The maximum absolute atomic E-state index is 12.7. The van der Waals surface area contributed by atoms with Crippen LogP contribution < -0.4 is 10.1 Å². The van der Waals surface area contributed by atoms with Crippen LogP contribution in [0.4, 0.5) is 0 Å². The number of hydrogen-bond acceptors (Lipinski definition) is 5. The summed E-state index contributed by atoms with van der Waals surface area (Å²) >= 11 is 0. The molecule has 0 radical (unpaired) electrons. The maximum Gasteiger partial charge on any atom is 0.276 e. The van der Waals surface area contributed by atoms with Crippen LogP contribution in [0.25, 0.3) is 0 Å². The fourth-order valence-corrected chi connectivity index (χ4v) is 3.42. The Morgan fingerprint density at radius 3 is 2.78 bits per heavy atom. The zero-order chi connectivity index (χ0) is 19.2. The Bertz CT molecular complexity index is 767. The SMILES string of the molecule is Cc1ccccc1OCCCN(C)C(=O)c1nnn(C2CCNCC2)c1C. The molecule has 0 saturated carbocycles. The van der Waals surface area contributed by atoms with Gasteiger partial charge in [0.05, 0.1) is 18.3 Å². The second-order valence-corrected chi connectivity index (χ2v) is 7.14. The number of carbonyl (C=O) groups is 1. The van der Waals surface area contributed by atoms with Crippen LogP contribution in [0.3, 0.4) is 0 Å². The predicted molar refractivity (Wildman–Crippen MR) is 104 cm³/mol. The van der Waals surface area contributed by atoms with Gasteiger partial charge in [0, 0.05) is 13.6 Å². The van der Waals surface area contributed by atoms with Crippen molar-refractivity contribution in [3.63, 3.8) is 0 Å². The van der Waals surface area contributed by atoms with Crippen LogP contribution >= 0.6 is 0 Å². The summed E-state index contributed by atoms with van der Waals surface area (Å²) in [5, 5.41) is 11.8. The number of amides is 1. The highest BCUT2D eigenvalue weighted by molar-refractivity contribution is 5.93. The van der Waals surface area contributed by atoms with Gasteiger partial charge in [0.25, 0.3) is 5.91 Å². The minimum atomic E-state index is -0.0800. The highest BCUT2D eigenvalue weighted by atomic mass is 16.5. The van der Waals surface area contributed by atoms with E-state index in [1.165, 1.54) is 0 Å². The van der Waals surface area contributed by atoms with E-state index in [1.54, 1.807) is 11.9 Å². The van der Waals surface area contributed by atoms with E-state index in [2.05, 4.69) is 15.6 Å². The maximum atomic E-state index is 12.7. The number of ether oxygens (including phenoxy) is 1. The Kier molecular flexibility index (Phi) is 6.45. The molecule has 2 aromatic rings. The van der Waals surface area contributed by atoms with Crippen molar-refractivity contribution in [2.75, 3.05) is 33.3 Å². The zero-order valence-corrected chi connectivity index (χ0v) is 16.4. The number of aromatic nitrogens is 3. The van der Waals surface area contributed by atoms with Crippen molar-refractivity contribution in [1.29, 1.82) is 0 Å². The number of para-hydroxylation sites is 1. The van der Waals surface area contributed by atoms with Gasteiger partial charge in [0.2, 0.25) is 0 Å². The van der Waals surface area contributed by atoms with Crippen molar-refractivity contribution >= 4 is 5.91 Å². The molecule has 1 aliphatic rings. The highest BCUT2D eigenvalue weighted by Crippen LogP contribution is 2.21. The van der Waals surface area contributed by atoms with Gasteiger partial charge in [-0.25, -0.2) is 4.68 Å². The van der Waals surface area contributed by atoms with Gasteiger partial charge in [-0.3, -0.25) is 4.79 Å². The standard InChI is InChI=1S/C20H29N5O2/c1-15-7-4-5-8-18(15)27-14-6-13-24(3)20(26)19-16(2)25(23-22-19)17-9-11-21-12-10-17/h4-5,7-8,17,21H,6,9-14H2,1-3H3. The van der Waals surface area contributed by atoms with E-state index in [1.807, 2.05) is 42.8 Å². The first-order chi connectivity index (χ1) is 13.1. The summed E-state index contributed by atoms with van der Waals surface area (Å²) in [6, 6.07) is 8.28. The molecule has 0 bridgehead atoms. The Hall–Kier alpha value is -2.41. The number of piperidine rings is 1. The largest absolute Gasteiger partial charge is 0.493 e. The fraction of sp³-hybridized carbons (Fsp3) is 0.550. The van der Waals surface area contributed by atoms with E-state index in [-0.39, 0.29) is 5.91 Å². The van der Waals surface area contributed by atoms with Gasteiger partial charge in [-0.15, -0.1) is 5.10 Å². The summed E-state index contributed by atoms with van der Waals surface area (Å²) in [7, 11) is 1.80. The highest BCUT2D eigenvalue weighted by Gasteiger charge is 2.24. The summed E-state index contributed by atoms with van der Waals surface area (Å²) in [5.74, 6) is 0.816. The molecule has 27 heavy (non-hydrogen) atoms. The van der Waals surface area contributed by atoms with Crippen LogP contribution in [0.1, 0.15) is 47.1 Å². The molecule has 1 fully saturated rings. The van der Waals surface area contributed by atoms with E-state index < -0.39 is 0 Å². The average molecular weight is 371 g/mol. The Balaban J connectivity index is 1.51. The first kappa shape index (κ1) is 19.4. The van der Waals surface area contributed by atoms with Gasteiger partial charge in [-0.2, -0.15) is 0 Å². The van der Waals surface area contributed by atoms with Crippen molar-refractivity contribution in [3.05, 3.63) is 41.2 Å². The molecule has 2 heterocycles. The molecule has 1 aliphatic heterocycles. The Labute approximate surface area is 160 Å². The second-order valence-electron chi connectivity index (χ2n) is 7.14. The molecule has 7 heteroatoms. The predicted octanol–water partition coefficient (Wildman–Crippen LogP) is 2.36. The topological polar surface area (TPSA) is 72.3 Å². The second kappa shape index (κ2) is 8.99. The minimum Gasteiger partial charge on any atom is -0.493 e. The van der Waals surface area contributed by atoms with E-state index in [4.69, 9.17) is 4.74 Å².